The molecule has 104 valence electrons. The van der Waals surface area contributed by atoms with Gasteiger partial charge in [0, 0.05) is 31.6 Å². The van der Waals surface area contributed by atoms with Crippen LogP contribution in [0.5, 0.6) is 0 Å². The van der Waals surface area contributed by atoms with Crippen molar-refractivity contribution in [1.29, 1.82) is 0 Å². The summed E-state index contributed by atoms with van der Waals surface area (Å²) in [5, 5.41) is 8.93. The van der Waals surface area contributed by atoms with Crippen LogP contribution in [0.25, 0.3) is 0 Å². The Morgan fingerprint density at radius 1 is 1.63 bits per heavy atom. The summed E-state index contributed by atoms with van der Waals surface area (Å²) in [6.45, 7) is 3.00. The van der Waals surface area contributed by atoms with E-state index in [0.717, 1.165) is 37.8 Å². The lowest BCUT2D eigenvalue weighted by Gasteiger charge is -2.27. The van der Waals surface area contributed by atoms with E-state index in [9.17, 15) is 4.79 Å². The lowest BCUT2D eigenvalue weighted by Crippen LogP contribution is -2.38. The van der Waals surface area contributed by atoms with E-state index in [0.29, 0.717) is 6.04 Å². The number of aromatic nitrogens is 1. The molecule has 0 spiro atoms. The van der Waals surface area contributed by atoms with Crippen LogP contribution >= 0.6 is 0 Å². The molecule has 19 heavy (non-hydrogen) atoms. The van der Waals surface area contributed by atoms with E-state index in [2.05, 4.69) is 4.98 Å². The summed E-state index contributed by atoms with van der Waals surface area (Å²) in [7, 11) is 0. The lowest BCUT2D eigenvalue weighted by atomic mass is 10.0. The number of pyridine rings is 1. The number of nitrogens with zero attached hydrogens (tertiary/aromatic N) is 2. The molecule has 1 aliphatic heterocycles. The first-order valence-electron chi connectivity index (χ1n) is 7.05. The van der Waals surface area contributed by atoms with Crippen LogP contribution in [0.2, 0.25) is 0 Å². The third kappa shape index (κ3) is 3.32. The highest BCUT2D eigenvalue weighted by atomic mass is 16.3. The number of amides is 1. The standard InChI is InChI=1S/C15H22N2O2/c1-12(13-5-2-8-16-11-13)15(19)17-9-3-6-14(17)7-4-10-18/h2,5,8,11-12,14,18H,3-4,6-7,9-10H2,1H3. The maximum Gasteiger partial charge on any atom is 0.230 e. The largest absolute Gasteiger partial charge is 0.396 e. The normalized spacial score (nSPS) is 20.5. The molecule has 1 aromatic rings. The minimum Gasteiger partial charge on any atom is -0.396 e. The molecule has 4 nitrogen and oxygen atoms in total. The molecule has 0 saturated carbocycles. The molecule has 4 heteroatoms. The molecular weight excluding hydrogens is 240 g/mol. The van der Waals surface area contributed by atoms with Crippen molar-refractivity contribution in [3.63, 3.8) is 0 Å². The molecule has 0 radical (unpaired) electrons. The number of hydrogen-bond acceptors (Lipinski definition) is 3. The minimum absolute atomic E-state index is 0.136. The first kappa shape index (κ1) is 14.0. The van der Waals surface area contributed by atoms with Gasteiger partial charge >= 0.3 is 0 Å². The average molecular weight is 262 g/mol. The summed E-state index contributed by atoms with van der Waals surface area (Å²) in [5.74, 6) is 0.0527. The van der Waals surface area contributed by atoms with Crippen LogP contribution in [0, 0.1) is 0 Å². The molecule has 0 aliphatic carbocycles. The molecule has 0 bridgehead atoms. The summed E-state index contributed by atoms with van der Waals surface area (Å²) in [5.41, 5.74) is 0.973. The smallest absolute Gasteiger partial charge is 0.230 e. The van der Waals surface area contributed by atoms with Gasteiger partial charge in [0.1, 0.15) is 0 Å². The maximum absolute atomic E-state index is 12.6. The van der Waals surface area contributed by atoms with E-state index < -0.39 is 0 Å². The Morgan fingerprint density at radius 3 is 3.16 bits per heavy atom. The van der Waals surface area contributed by atoms with Crippen LogP contribution in [-0.4, -0.2) is 40.1 Å². The molecule has 1 aromatic heterocycles. The lowest BCUT2D eigenvalue weighted by molar-refractivity contribution is -0.133. The summed E-state index contributed by atoms with van der Waals surface area (Å²) < 4.78 is 0. The highest BCUT2D eigenvalue weighted by Crippen LogP contribution is 2.26. The number of aliphatic hydroxyl groups is 1. The van der Waals surface area contributed by atoms with Gasteiger partial charge in [-0.15, -0.1) is 0 Å². The molecule has 0 aromatic carbocycles. The Bertz CT molecular complexity index is 408. The van der Waals surface area contributed by atoms with Gasteiger partial charge in [0.05, 0.1) is 5.92 Å². The fraction of sp³-hybridized carbons (Fsp3) is 0.600. The zero-order valence-electron chi connectivity index (χ0n) is 11.5. The fourth-order valence-electron chi connectivity index (χ4n) is 2.78. The number of rotatable bonds is 5. The molecule has 2 unspecified atom stereocenters. The summed E-state index contributed by atoms with van der Waals surface area (Å²) in [6.07, 6.45) is 7.30. The predicted octanol–water partition coefficient (Wildman–Crippen LogP) is 1.95. The van der Waals surface area contributed by atoms with Gasteiger partial charge in [0.15, 0.2) is 0 Å². The highest BCUT2D eigenvalue weighted by molar-refractivity contribution is 5.83. The topological polar surface area (TPSA) is 53.4 Å². The molecular formula is C15H22N2O2. The van der Waals surface area contributed by atoms with Crippen LogP contribution in [0.4, 0.5) is 0 Å². The van der Waals surface area contributed by atoms with Gasteiger partial charge in [-0.25, -0.2) is 0 Å². The van der Waals surface area contributed by atoms with Gasteiger partial charge in [-0.2, -0.15) is 0 Å². The third-order valence-electron chi connectivity index (χ3n) is 3.91. The van der Waals surface area contributed by atoms with E-state index in [4.69, 9.17) is 5.11 Å². The van der Waals surface area contributed by atoms with Crippen molar-refractivity contribution in [3.8, 4) is 0 Å². The van der Waals surface area contributed by atoms with Crippen molar-refractivity contribution < 1.29 is 9.90 Å². The van der Waals surface area contributed by atoms with Crippen molar-refractivity contribution >= 4 is 5.91 Å². The Balaban J connectivity index is 2.02. The van der Waals surface area contributed by atoms with Crippen LogP contribution in [0.15, 0.2) is 24.5 Å². The Labute approximate surface area is 114 Å². The van der Waals surface area contributed by atoms with Gasteiger partial charge in [0.2, 0.25) is 5.91 Å². The fourth-order valence-corrected chi connectivity index (χ4v) is 2.78. The van der Waals surface area contributed by atoms with Crippen molar-refractivity contribution in [2.75, 3.05) is 13.2 Å². The van der Waals surface area contributed by atoms with E-state index in [-0.39, 0.29) is 18.4 Å². The second kappa shape index (κ2) is 6.66. The molecule has 2 rings (SSSR count). The molecule has 1 aliphatic rings. The van der Waals surface area contributed by atoms with Gasteiger partial charge in [0.25, 0.3) is 0 Å². The first-order chi connectivity index (χ1) is 9.24. The molecule has 2 heterocycles. The monoisotopic (exact) mass is 262 g/mol. The maximum atomic E-state index is 12.6. The van der Waals surface area contributed by atoms with E-state index >= 15 is 0 Å². The van der Waals surface area contributed by atoms with Gasteiger partial charge in [-0.3, -0.25) is 9.78 Å². The zero-order chi connectivity index (χ0) is 13.7. The minimum atomic E-state index is -0.136. The Morgan fingerprint density at radius 2 is 2.47 bits per heavy atom. The van der Waals surface area contributed by atoms with E-state index in [1.165, 1.54) is 0 Å². The highest BCUT2D eigenvalue weighted by Gasteiger charge is 2.31. The van der Waals surface area contributed by atoms with Gasteiger partial charge < -0.3 is 10.0 Å². The molecule has 1 amide bonds. The van der Waals surface area contributed by atoms with Gasteiger partial charge in [-0.1, -0.05) is 6.07 Å². The van der Waals surface area contributed by atoms with Gasteiger partial charge in [-0.05, 0) is 44.2 Å². The molecule has 2 atom stereocenters. The number of likely N-dealkylation sites (tertiary alicyclic amines) is 1. The molecule has 1 saturated heterocycles. The molecule has 1 N–H and O–H groups in total. The SMILES string of the molecule is CC(C(=O)N1CCCC1CCCO)c1cccnc1. The Kier molecular flexibility index (Phi) is 4.91. The third-order valence-corrected chi connectivity index (χ3v) is 3.91. The van der Waals surface area contributed by atoms with Crippen molar-refractivity contribution in [3.05, 3.63) is 30.1 Å². The zero-order valence-corrected chi connectivity index (χ0v) is 11.5. The van der Waals surface area contributed by atoms with Crippen molar-refractivity contribution in [2.24, 2.45) is 0 Å². The van der Waals surface area contributed by atoms with Crippen molar-refractivity contribution in [1.82, 2.24) is 9.88 Å². The quantitative estimate of drug-likeness (QED) is 0.882. The number of aliphatic hydroxyl groups excluding tert-OH is 1. The van der Waals surface area contributed by atoms with Crippen LogP contribution in [0.1, 0.15) is 44.1 Å². The summed E-state index contributed by atoms with van der Waals surface area (Å²) in [4.78, 5) is 18.6. The number of carbonyl (C=O) groups excluding carboxylic acids is 1. The average Bonchev–Trinajstić information content (AvgIpc) is 2.92. The van der Waals surface area contributed by atoms with Crippen LogP contribution in [0.3, 0.4) is 0 Å². The Hall–Kier alpha value is -1.42. The predicted molar refractivity (Wildman–Crippen MR) is 73.7 cm³/mol. The van der Waals surface area contributed by atoms with Crippen LogP contribution in [-0.2, 0) is 4.79 Å². The molecule has 1 fully saturated rings. The second-order valence-electron chi connectivity index (χ2n) is 5.20. The summed E-state index contributed by atoms with van der Waals surface area (Å²) >= 11 is 0. The van der Waals surface area contributed by atoms with Crippen LogP contribution < -0.4 is 0 Å². The number of hydrogen-bond donors (Lipinski definition) is 1. The second-order valence-corrected chi connectivity index (χ2v) is 5.20. The van der Waals surface area contributed by atoms with Crippen molar-refractivity contribution in [2.45, 2.75) is 44.6 Å². The number of carbonyl (C=O) groups is 1. The van der Waals surface area contributed by atoms with E-state index in [1.807, 2.05) is 24.0 Å². The summed E-state index contributed by atoms with van der Waals surface area (Å²) in [6, 6.07) is 4.12. The first-order valence-corrected chi connectivity index (χ1v) is 7.05. The van der Waals surface area contributed by atoms with E-state index in [1.54, 1.807) is 12.4 Å².